The number of ether oxygens (including phenoxy) is 1. The van der Waals surface area contributed by atoms with Crippen molar-refractivity contribution in [3.05, 3.63) is 64.4 Å². The van der Waals surface area contributed by atoms with Gasteiger partial charge in [-0.05, 0) is 44.0 Å². The molecule has 7 heteroatoms. The van der Waals surface area contributed by atoms with Gasteiger partial charge < -0.3 is 4.74 Å². The Morgan fingerprint density at radius 2 is 1.86 bits per heavy atom. The predicted octanol–water partition coefficient (Wildman–Crippen LogP) is 2.89. The van der Waals surface area contributed by atoms with Crippen LogP contribution in [0.4, 0.5) is 5.95 Å². The maximum Gasteiger partial charge on any atom is 0.262 e. The van der Waals surface area contributed by atoms with Gasteiger partial charge in [-0.15, -0.1) is 0 Å². The number of carbonyl (C=O) groups is 1. The molecule has 0 aliphatic carbocycles. The Morgan fingerprint density at radius 1 is 1.11 bits per heavy atom. The summed E-state index contributed by atoms with van der Waals surface area (Å²) in [6.45, 7) is 4.80. The van der Waals surface area contributed by atoms with Crippen LogP contribution in [0.3, 0.4) is 0 Å². The molecule has 3 aromatic rings. The van der Waals surface area contributed by atoms with E-state index >= 15 is 0 Å². The zero-order chi connectivity index (χ0) is 19.9. The van der Waals surface area contributed by atoms with E-state index in [-0.39, 0.29) is 17.9 Å². The molecule has 7 nitrogen and oxygen atoms in total. The number of hydrogen-bond acceptors (Lipinski definition) is 5. The van der Waals surface area contributed by atoms with Gasteiger partial charge in [-0.25, -0.2) is 4.98 Å². The van der Waals surface area contributed by atoms with Crippen LogP contribution >= 0.6 is 0 Å². The van der Waals surface area contributed by atoms with Crippen LogP contribution in [0.15, 0.2) is 53.3 Å². The van der Waals surface area contributed by atoms with Crippen molar-refractivity contribution in [1.82, 2.24) is 15.0 Å². The first-order valence-electron chi connectivity index (χ1n) is 9.39. The lowest BCUT2D eigenvalue weighted by Gasteiger charge is -2.14. The number of aromatic nitrogens is 2. The van der Waals surface area contributed by atoms with Gasteiger partial charge in [0.1, 0.15) is 5.75 Å². The van der Waals surface area contributed by atoms with Gasteiger partial charge in [0.2, 0.25) is 11.9 Å². The normalized spacial score (nSPS) is 10.6. The second kappa shape index (κ2) is 9.03. The molecule has 1 amide bonds. The first kappa shape index (κ1) is 19.4. The van der Waals surface area contributed by atoms with E-state index in [9.17, 15) is 9.59 Å². The number of rotatable bonds is 8. The maximum atomic E-state index is 12.6. The third-order valence-corrected chi connectivity index (χ3v) is 4.39. The average Bonchev–Trinajstić information content (AvgIpc) is 2.72. The fraction of sp³-hybridized carbons (Fsp3) is 0.286. The largest absolute Gasteiger partial charge is 0.494 e. The first-order valence-corrected chi connectivity index (χ1v) is 9.39. The van der Waals surface area contributed by atoms with Gasteiger partial charge in [-0.3, -0.25) is 25.0 Å². The molecule has 0 aliphatic rings. The minimum atomic E-state index is -0.198. The summed E-state index contributed by atoms with van der Waals surface area (Å²) in [4.78, 5) is 29.3. The summed E-state index contributed by atoms with van der Waals surface area (Å²) >= 11 is 0. The number of nitrogens with one attached hydrogen (secondary N) is 2. The smallest absolute Gasteiger partial charge is 0.262 e. The Labute approximate surface area is 163 Å². The Kier molecular flexibility index (Phi) is 6.26. The number of hydrogen-bond donors (Lipinski definition) is 2. The second-order valence-corrected chi connectivity index (χ2v) is 6.22. The van der Waals surface area contributed by atoms with Gasteiger partial charge in [-0.2, -0.15) is 0 Å². The Morgan fingerprint density at radius 3 is 2.64 bits per heavy atom. The molecule has 0 aliphatic heterocycles. The maximum absolute atomic E-state index is 12.6. The van der Waals surface area contributed by atoms with E-state index in [0.29, 0.717) is 36.4 Å². The number of fused-ring (bicyclic) bond motifs is 1. The molecule has 0 radical (unpaired) electrons. The number of para-hydroxylation sites is 2. The third kappa shape index (κ3) is 4.31. The van der Waals surface area contributed by atoms with E-state index in [2.05, 4.69) is 15.8 Å². The number of amides is 1. The van der Waals surface area contributed by atoms with E-state index in [1.165, 1.54) is 4.57 Å². The highest BCUT2D eigenvalue weighted by Gasteiger charge is 2.11. The molecule has 0 saturated carbocycles. The van der Waals surface area contributed by atoms with Crippen LogP contribution < -0.4 is 21.1 Å². The van der Waals surface area contributed by atoms with E-state index in [1.807, 2.05) is 44.2 Å². The summed E-state index contributed by atoms with van der Waals surface area (Å²) in [6, 6.07) is 14.8. The topological polar surface area (TPSA) is 85.2 Å². The number of hydrazine groups is 1. The minimum Gasteiger partial charge on any atom is -0.494 e. The highest BCUT2D eigenvalue weighted by Crippen LogP contribution is 2.19. The number of carbonyl (C=O) groups excluding carboxylic acids is 1. The van der Waals surface area contributed by atoms with Gasteiger partial charge >= 0.3 is 0 Å². The van der Waals surface area contributed by atoms with Crippen LogP contribution in [0.1, 0.15) is 25.8 Å². The molecule has 146 valence electrons. The van der Waals surface area contributed by atoms with Crippen molar-refractivity contribution in [3.63, 3.8) is 0 Å². The van der Waals surface area contributed by atoms with Gasteiger partial charge in [0.25, 0.3) is 5.56 Å². The number of nitrogens with zero attached hydrogens (tertiary/aromatic N) is 2. The molecule has 0 fully saturated rings. The van der Waals surface area contributed by atoms with Crippen LogP contribution in [0.2, 0.25) is 0 Å². The van der Waals surface area contributed by atoms with Gasteiger partial charge in [-0.1, -0.05) is 30.3 Å². The Balaban J connectivity index is 1.67. The van der Waals surface area contributed by atoms with Crippen molar-refractivity contribution < 1.29 is 9.53 Å². The molecule has 0 atom stereocenters. The van der Waals surface area contributed by atoms with Crippen LogP contribution in [-0.4, -0.2) is 22.1 Å². The Hall–Kier alpha value is -3.35. The molecule has 0 unspecified atom stereocenters. The van der Waals surface area contributed by atoms with Crippen LogP contribution in [0, 0.1) is 0 Å². The number of aryl methyl sites for hydroxylation is 1. The SMILES string of the molecule is CCOc1ccccc1CCC(=O)NNc1nc2ccccc2c(=O)n1CC. The van der Waals surface area contributed by atoms with E-state index < -0.39 is 0 Å². The lowest BCUT2D eigenvalue weighted by atomic mass is 10.1. The zero-order valence-electron chi connectivity index (χ0n) is 16.1. The molecule has 28 heavy (non-hydrogen) atoms. The molecule has 0 spiro atoms. The summed E-state index contributed by atoms with van der Waals surface area (Å²) in [5, 5.41) is 0.550. The van der Waals surface area contributed by atoms with E-state index in [4.69, 9.17) is 4.74 Å². The summed E-state index contributed by atoms with van der Waals surface area (Å²) in [6.07, 6.45) is 0.830. The highest BCUT2D eigenvalue weighted by atomic mass is 16.5. The fourth-order valence-electron chi connectivity index (χ4n) is 3.00. The highest BCUT2D eigenvalue weighted by molar-refractivity contribution is 5.80. The molecule has 3 rings (SSSR count). The quantitative estimate of drug-likeness (QED) is 0.587. The van der Waals surface area contributed by atoms with Gasteiger partial charge in [0.15, 0.2) is 0 Å². The summed E-state index contributed by atoms with van der Waals surface area (Å²) in [5.74, 6) is 0.910. The molecule has 1 aromatic heterocycles. The van der Waals surface area contributed by atoms with Gasteiger partial charge in [0, 0.05) is 13.0 Å². The van der Waals surface area contributed by atoms with E-state index in [1.54, 1.807) is 18.2 Å². The summed E-state index contributed by atoms with van der Waals surface area (Å²) in [5.41, 5.74) is 6.85. The molecule has 0 bridgehead atoms. The number of benzene rings is 2. The average molecular weight is 380 g/mol. The zero-order valence-corrected chi connectivity index (χ0v) is 16.1. The van der Waals surface area contributed by atoms with Crippen LogP contribution in [-0.2, 0) is 17.8 Å². The standard InChI is InChI=1S/C21H24N4O3/c1-3-25-20(27)16-10-6-7-11-17(16)22-21(25)24-23-19(26)14-13-15-9-5-8-12-18(15)28-4-2/h5-12H,3-4,13-14H2,1-2H3,(H,22,24)(H,23,26). The van der Waals surface area contributed by atoms with Crippen molar-refractivity contribution in [2.24, 2.45) is 0 Å². The van der Waals surface area contributed by atoms with Crippen LogP contribution in [0.25, 0.3) is 10.9 Å². The van der Waals surface area contributed by atoms with Crippen molar-refractivity contribution in [1.29, 1.82) is 0 Å². The van der Waals surface area contributed by atoms with Crippen molar-refractivity contribution in [2.45, 2.75) is 33.2 Å². The molecule has 2 N–H and O–H groups in total. The van der Waals surface area contributed by atoms with Crippen molar-refractivity contribution in [3.8, 4) is 5.75 Å². The third-order valence-electron chi connectivity index (χ3n) is 4.39. The second-order valence-electron chi connectivity index (χ2n) is 6.22. The van der Waals surface area contributed by atoms with Crippen molar-refractivity contribution >= 4 is 22.8 Å². The molecule has 2 aromatic carbocycles. The number of anilines is 1. The molecular formula is C21H24N4O3. The molecule has 1 heterocycles. The fourth-order valence-corrected chi connectivity index (χ4v) is 3.00. The van der Waals surface area contributed by atoms with Crippen molar-refractivity contribution in [2.75, 3.05) is 12.0 Å². The van der Waals surface area contributed by atoms with Gasteiger partial charge in [0.05, 0.1) is 17.5 Å². The predicted molar refractivity (Wildman–Crippen MR) is 109 cm³/mol. The Bertz CT molecular complexity index is 1030. The minimum absolute atomic E-state index is 0.143. The molecule has 0 saturated heterocycles. The van der Waals surface area contributed by atoms with Crippen LogP contribution in [0.5, 0.6) is 5.75 Å². The summed E-state index contributed by atoms with van der Waals surface area (Å²) < 4.78 is 7.08. The summed E-state index contributed by atoms with van der Waals surface area (Å²) in [7, 11) is 0. The lowest BCUT2D eigenvalue weighted by Crippen LogP contribution is -2.34. The first-order chi connectivity index (χ1) is 13.6. The van der Waals surface area contributed by atoms with E-state index in [0.717, 1.165) is 11.3 Å². The lowest BCUT2D eigenvalue weighted by molar-refractivity contribution is -0.120. The molecular weight excluding hydrogens is 356 g/mol. The monoisotopic (exact) mass is 380 g/mol.